The molecule has 1 aliphatic heterocycles. The molecule has 1 fully saturated rings. The number of rotatable bonds is 3. The zero-order valence-electron chi connectivity index (χ0n) is 15.7. The zero-order chi connectivity index (χ0) is 20.6. The van der Waals surface area contributed by atoms with Gasteiger partial charge in [0.05, 0.1) is 11.8 Å². The van der Waals surface area contributed by atoms with E-state index in [1.807, 2.05) is 6.92 Å². The number of hydrogen-bond donors (Lipinski definition) is 0. The first kappa shape index (κ1) is 19.2. The third-order valence-electron chi connectivity index (χ3n) is 5.30. The van der Waals surface area contributed by atoms with E-state index >= 15 is 0 Å². The Labute approximate surface area is 165 Å². The lowest BCUT2D eigenvalue weighted by Crippen LogP contribution is -2.28. The first-order valence-corrected chi connectivity index (χ1v) is 9.31. The van der Waals surface area contributed by atoms with E-state index in [1.165, 1.54) is 29.5 Å². The van der Waals surface area contributed by atoms with Crippen LogP contribution in [0.4, 0.5) is 13.2 Å². The predicted molar refractivity (Wildman–Crippen MR) is 101 cm³/mol. The summed E-state index contributed by atoms with van der Waals surface area (Å²) in [5.41, 5.74) is 2.26. The second kappa shape index (κ2) is 7.39. The van der Waals surface area contributed by atoms with Gasteiger partial charge >= 0.3 is 6.18 Å². The first-order chi connectivity index (χ1) is 13.8. The molecule has 0 N–H and O–H groups in total. The number of alkyl halides is 3. The van der Waals surface area contributed by atoms with E-state index in [-0.39, 0.29) is 23.1 Å². The van der Waals surface area contributed by atoms with E-state index in [0.29, 0.717) is 18.7 Å². The molecule has 1 amide bonds. The minimum absolute atomic E-state index is 0.183. The molecule has 1 aromatic heterocycles. The summed E-state index contributed by atoms with van der Waals surface area (Å²) in [7, 11) is 0. The van der Waals surface area contributed by atoms with Crippen molar-refractivity contribution in [2.24, 2.45) is 0 Å². The first-order valence-electron chi connectivity index (χ1n) is 9.31. The SMILES string of the molecule is Cc1ccc(C2CCN(C(=O)c3cnoc3-c3ccc(C(F)(F)F)cc3)C2)cc1. The largest absolute Gasteiger partial charge is 0.416 e. The Morgan fingerprint density at radius 1 is 1.10 bits per heavy atom. The number of halogens is 3. The molecule has 2 heterocycles. The third kappa shape index (κ3) is 3.90. The van der Waals surface area contributed by atoms with Crippen LogP contribution in [-0.2, 0) is 6.18 Å². The summed E-state index contributed by atoms with van der Waals surface area (Å²) >= 11 is 0. The van der Waals surface area contributed by atoms with Gasteiger partial charge in [-0.15, -0.1) is 0 Å². The van der Waals surface area contributed by atoms with Gasteiger partial charge in [-0.3, -0.25) is 4.79 Å². The van der Waals surface area contributed by atoms with Crippen LogP contribution in [0, 0.1) is 6.92 Å². The van der Waals surface area contributed by atoms with E-state index < -0.39 is 11.7 Å². The topological polar surface area (TPSA) is 46.3 Å². The zero-order valence-corrected chi connectivity index (χ0v) is 15.7. The number of amides is 1. The standard InChI is InChI=1S/C22H19F3N2O2/c1-14-2-4-15(5-3-14)17-10-11-27(13-17)21(28)19-12-26-29-20(19)16-6-8-18(9-7-16)22(23,24)25/h2-9,12,17H,10-11,13H2,1H3. The van der Waals surface area contributed by atoms with Crippen molar-refractivity contribution in [2.75, 3.05) is 13.1 Å². The minimum Gasteiger partial charge on any atom is -0.355 e. The van der Waals surface area contributed by atoms with E-state index in [0.717, 1.165) is 18.6 Å². The van der Waals surface area contributed by atoms with Crippen molar-refractivity contribution in [2.45, 2.75) is 25.4 Å². The van der Waals surface area contributed by atoms with Gasteiger partial charge in [-0.05, 0) is 31.0 Å². The fourth-order valence-electron chi connectivity index (χ4n) is 3.64. The molecule has 0 bridgehead atoms. The highest BCUT2D eigenvalue weighted by atomic mass is 19.4. The molecule has 3 aromatic rings. The lowest BCUT2D eigenvalue weighted by atomic mass is 9.97. The van der Waals surface area contributed by atoms with Gasteiger partial charge in [0.15, 0.2) is 5.76 Å². The van der Waals surface area contributed by atoms with Crippen LogP contribution in [0.25, 0.3) is 11.3 Å². The number of aromatic nitrogens is 1. The van der Waals surface area contributed by atoms with Crippen molar-refractivity contribution in [3.05, 3.63) is 77.0 Å². The molecule has 150 valence electrons. The molecule has 1 aliphatic rings. The van der Waals surface area contributed by atoms with Gasteiger partial charge in [0, 0.05) is 24.6 Å². The summed E-state index contributed by atoms with van der Waals surface area (Å²) in [6.07, 6.45) is -2.23. The monoisotopic (exact) mass is 400 g/mol. The maximum Gasteiger partial charge on any atom is 0.416 e. The Kier molecular flexibility index (Phi) is 4.90. The van der Waals surface area contributed by atoms with Crippen molar-refractivity contribution >= 4 is 5.91 Å². The molecule has 1 unspecified atom stereocenters. The molecule has 0 radical (unpaired) electrons. The van der Waals surface area contributed by atoms with Gasteiger partial charge in [0.1, 0.15) is 5.56 Å². The number of carbonyl (C=O) groups excluding carboxylic acids is 1. The number of benzene rings is 2. The molecule has 4 nitrogen and oxygen atoms in total. The third-order valence-corrected chi connectivity index (χ3v) is 5.30. The summed E-state index contributed by atoms with van der Waals surface area (Å²) < 4.78 is 43.5. The molecule has 7 heteroatoms. The summed E-state index contributed by atoms with van der Waals surface area (Å²) in [4.78, 5) is 14.7. The Morgan fingerprint density at radius 2 is 1.79 bits per heavy atom. The molecule has 0 spiro atoms. The lowest BCUT2D eigenvalue weighted by Gasteiger charge is -2.16. The number of carbonyl (C=O) groups is 1. The van der Waals surface area contributed by atoms with Crippen LogP contribution in [0.3, 0.4) is 0 Å². The summed E-state index contributed by atoms with van der Waals surface area (Å²) in [6.45, 7) is 3.22. The van der Waals surface area contributed by atoms with Crippen LogP contribution in [0.15, 0.2) is 59.3 Å². The maximum absolute atomic E-state index is 13.0. The van der Waals surface area contributed by atoms with E-state index in [4.69, 9.17) is 4.52 Å². The fourth-order valence-corrected chi connectivity index (χ4v) is 3.64. The van der Waals surface area contributed by atoms with Crippen molar-refractivity contribution in [3.63, 3.8) is 0 Å². The van der Waals surface area contributed by atoms with Gasteiger partial charge in [-0.2, -0.15) is 13.2 Å². The fraction of sp³-hybridized carbons (Fsp3) is 0.273. The average Bonchev–Trinajstić information content (AvgIpc) is 3.37. The molecule has 0 aliphatic carbocycles. The number of aryl methyl sites for hydroxylation is 1. The Morgan fingerprint density at radius 3 is 2.45 bits per heavy atom. The van der Waals surface area contributed by atoms with Gasteiger partial charge in [0.2, 0.25) is 0 Å². The lowest BCUT2D eigenvalue weighted by molar-refractivity contribution is -0.137. The number of hydrogen-bond acceptors (Lipinski definition) is 3. The van der Waals surface area contributed by atoms with Gasteiger partial charge in [0.25, 0.3) is 5.91 Å². The second-order valence-electron chi connectivity index (χ2n) is 7.29. The summed E-state index contributed by atoms with van der Waals surface area (Å²) in [5, 5.41) is 3.70. The van der Waals surface area contributed by atoms with Crippen molar-refractivity contribution < 1.29 is 22.5 Å². The van der Waals surface area contributed by atoms with Crippen LogP contribution in [-0.4, -0.2) is 29.1 Å². The van der Waals surface area contributed by atoms with Gasteiger partial charge in [-0.1, -0.05) is 47.1 Å². The predicted octanol–water partition coefficient (Wildman–Crippen LogP) is 5.30. The number of nitrogens with zero attached hydrogens (tertiary/aromatic N) is 2. The second-order valence-corrected chi connectivity index (χ2v) is 7.29. The van der Waals surface area contributed by atoms with Crippen LogP contribution >= 0.6 is 0 Å². The molecule has 2 aromatic carbocycles. The summed E-state index contributed by atoms with van der Waals surface area (Å²) in [5.74, 6) is 0.215. The van der Waals surface area contributed by atoms with Crippen LogP contribution in [0.5, 0.6) is 0 Å². The molecule has 0 saturated carbocycles. The maximum atomic E-state index is 13.0. The molecule has 1 atom stereocenters. The van der Waals surface area contributed by atoms with Gasteiger partial charge < -0.3 is 9.42 Å². The van der Waals surface area contributed by atoms with Crippen LogP contribution < -0.4 is 0 Å². The quantitative estimate of drug-likeness (QED) is 0.600. The van der Waals surface area contributed by atoms with Crippen molar-refractivity contribution in [3.8, 4) is 11.3 Å². The van der Waals surface area contributed by atoms with Crippen LogP contribution in [0.2, 0.25) is 0 Å². The normalized spacial score (nSPS) is 17.0. The highest BCUT2D eigenvalue weighted by Crippen LogP contribution is 2.33. The minimum atomic E-state index is -4.42. The molecule has 1 saturated heterocycles. The Balaban J connectivity index is 1.52. The van der Waals surface area contributed by atoms with Crippen LogP contribution in [0.1, 0.15) is 39.4 Å². The molecule has 29 heavy (non-hydrogen) atoms. The average molecular weight is 400 g/mol. The number of likely N-dealkylation sites (tertiary alicyclic amines) is 1. The Hall–Kier alpha value is -3.09. The highest BCUT2D eigenvalue weighted by Gasteiger charge is 2.32. The van der Waals surface area contributed by atoms with Crippen molar-refractivity contribution in [1.82, 2.24) is 10.1 Å². The van der Waals surface area contributed by atoms with E-state index in [9.17, 15) is 18.0 Å². The van der Waals surface area contributed by atoms with Crippen molar-refractivity contribution in [1.29, 1.82) is 0 Å². The highest BCUT2D eigenvalue weighted by molar-refractivity contribution is 5.99. The molecular weight excluding hydrogens is 381 g/mol. The molecule has 4 rings (SSSR count). The smallest absolute Gasteiger partial charge is 0.355 e. The van der Waals surface area contributed by atoms with E-state index in [2.05, 4.69) is 29.4 Å². The molecular formula is C22H19F3N2O2. The Bertz CT molecular complexity index is 1010. The summed E-state index contributed by atoms with van der Waals surface area (Å²) in [6, 6.07) is 12.8. The van der Waals surface area contributed by atoms with Gasteiger partial charge in [-0.25, -0.2) is 0 Å². The van der Waals surface area contributed by atoms with E-state index in [1.54, 1.807) is 4.90 Å².